The van der Waals surface area contributed by atoms with Gasteiger partial charge in [0, 0.05) is 25.3 Å². The Balaban J connectivity index is 1.72. The average Bonchev–Trinajstić information content (AvgIpc) is 2.93. The average molecular weight is 293 g/mol. The van der Waals surface area contributed by atoms with Crippen molar-refractivity contribution in [1.29, 1.82) is 0 Å². The van der Waals surface area contributed by atoms with Crippen LogP contribution in [0.5, 0.6) is 0 Å². The van der Waals surface area contributed by atoms with E-state index in [4.69, 9.17) is 0 Å². The van der Waals surface area contributed by atoms with Crippen LogP contribution < -0.4 is 5.32 Å². The molecule has 0 radical (unpaired) electrons. The van der Waals surface area contributed by atoms with E-state index in [0.717, 1.165) is 25.3 Å². The quantitative estimate of drug-likeness (QED) is 0.838. The summed E-state index contributed by atoms with van der Waals surface area (Å²) in [5.41, 5.74) is 1.60. The molecule has 0 bridgehead atoms. The number of rotatable bonds is 7. The Kier molecular flexibility index (Phi) is 5.76. The van der Waals surface area contributed by atoms with Crippen LogP contribution in [-0.4, -0.2) is 45.6 Å². The van der Waals surface area contributed by atoms with Crippen LogP contribution in [0.15, 0.2) is 6.20 Å². The van der Waals surface area contributed by atoms with Crippen molar-refractivity contribution in [3.05, 3.63) is 11.9 Å². The van der Waals surface area contributed by atoms with Crippen molar-refractivity contribution in [2.24, 2.45) is 5.41 Å². The van der Waals surface area contributed by atoms with E-state index in [1.54, 1.807) is 0 Å². The molecule has 1 aromatic rings. The summed E-state index contributed by atoms with van der Waals surface area (Å²) < 4.78 is 1.98. The van der Waals surface area contributed by atoms with Crippen molar-refractivity contribution in [3.8, 4) is 0 Å². The SMILES string of the molecule is CCC1(C)CCN(CCn2cc(CNC(C)C)nn2)CC1. The van der Waals surface area contributed by atoms with Gasteiger partial charge in [-0.3, -0.25) is 4.68 Å². The van der Waals surface area contributed by atoms with Gasteiger partial charge in [0.05, 0.1) is 12.2 Å². The fourth-order valence-corrected chi connectivity index (χ4v) is 2.75. The van der Waals surface area contributed by atoms with Gasteiger partial charge in [-0.1, -0.05) is 39.3 Å². The molecule has 2 rings (SSSR count). The van der Waals surface area contributed by atoms with Gasteiger partial charge in [0.15, 0.2) is 0 Å². The van der Waals surface area contributed by atoms with Crippen LogP contribution in [0.1, 0.15) is 52.7 Å². The second-order valence-corrected chi connectivity index (χ2v) is 7.01. The van der Waals surface area contributed by atoms with Gasteiger partial charge in [-0.2, -0.15) is 0 Å². The van der Waals surface area contributed by atoms with Crippen molar-refractivity contribution in [1.82, 2.24) is 25.2 Å². The number of hydrogen-bond donors (Lipinski definition) is 1. The van der Waals surface area contributed by atoms with Crippen LogP contribution in [0.3, 0.4) is 0 Å². The smallest absolute Gasteiger partial charge is 0.0964 e. The van der Waals surface area contributed by atoms with Crippen molar-refractivity contribution in [2.75, 3.05) is 19.6 Å². The van der Waals surface area contributed by atoms with Crippen LogP contribution in [0, 0.1) is 5.41 Å². The normalized spacial score (nSPS) is 19.3. The minimum Gasteiger partial charge on any atom is -0.309 e. The molecule has 1 aliphatic rings. The van der Waals surface area contributed by atoms with Gasteiger partial charge in [-0.25, -0.2) is 0 Å². The van der Waals surface area contributed by atoms with E-state index in [0.29, 0.717) is 11.5 Å². The molecule has 1 aliphatic heterocycles. The molecule has 120 valence electrons. The minimum atomic E-state index is 0.483. The van der Waals surface area contributed by atoms with Gasteiger partial charge < -0.3 is 10.2 Å². The molecular weight excluding hydrogens is 262 g/mol. The monoisotopic (exact) mass is 293 g/mol. The van der Waals surface area contributed by atoms with Gasteiger partial charge in [0.25, 0.3) is 0 Å². The first kappa shape index (κ1) is 16.4. The maximum atomic E-state index is 4.22. The molecule has 1 saturated heterocycles. The van der Waals surface area contributed by atoms with E-state index >= 15 is 0 Å². The van der Waals surface area contributed by atoms with Crippen molar-refractivity contribution >= 4 is 0 Å². The highest BCUT2D eigenvalue weighted by Crippen LogP contribution is 2.33. The molecule has 0 unspecified atom stereocenters. The van der Waals surface area contributed by atoms with Gasteiger partial charge in [0.1, 0.15) is 0 Å². The molecule has 0 saturated carbocycles. The second kappa shape index (κ2) is 7.36. The third-order valence-corrected chi connectivity index (χ3v) is 4.84. The van der Waals surface area contributed by atoms with Crippen molar-refractivity contribution in [3.63, 3.8) is 0 Å². The first-order valence-corrected chi connectivity index (χ1v) is 8.35. The Labute approximate surface area is 129 Å². The van der Waals surface area contributed by atoms with Crippen LogP contribution in [0.25, 0.3) is 0 Å². The van der Waals surface area contributed by atoms with E-state index in [1.165, 1.54) is 32.4 Å². The molecule has 0 aliphatic carbocycles. The molecule has 0 aromatic carbocycles. The van der Waals surface area contributed by atoms with Gasteiger partial charge in [-0.05, 0) is 31.3 Å². The number of nitrogens with one attached hydrogen (secondary N) is 1. The highest BCUT2D eigenvalue weighted by atomic mass is 15.4. The van der Waals surface area contributed by atoms with E-state index < -0.39 is 0 Å². The number of hydrogen-bond acceptors (Lipinski definition) is 4. The number of aromatic nitrogens is 3. The van der Waals surface area contributed by atoms with Crippen molar-refractivity contribution in [2.45, 2.75) is 66.1 Å². The maximum absolute atomic E-state index is 4.22. The Morgan fingerprint density at radius 2 is 2.00 bits per heavy atom. The zero-order chi connectivity index (χ0) is 15.3. The first-order valence-electron chi connectivity index (χ1n) is 8.35. The highest BCUT2D eigenvalue weighted by Gasteiger charge is 2.27. The van der Waals surface area contributed by atoms with Gasteiger partial charge >= 0.3 is 0 Å². The molecule has 1 N–H and O–H groups in total. The molecule has 5 heteroatoms. The predicted octanol–water partition coefficient (Wildman–Crippen LogP) is 2.29. The Morgan fingerprint density at radius 3 is 2.62 bits per heavy atom. The summed E-state index contributed by atoms with van der Waals surface area (Å²) >= 11 is 0. The summed E-state index contributed by atoms with van der Waals surface area (Å²) in [5.74, 6) is 0. The molecule has 2 heterocycles. The van der Waals surface area contributed by atoms with Crippen LogP contribution in [0.4, 0.5) is 0 Å². The third-order valence-electron chi connectivity index (χ3n) is 4.84. The minimum absolute atomic E-state index is 0.483. The van der Waals surface area contributed by atoms with E-state index in [-0.39, 0.29) is 0 Å². The number of nitrogens with zero attached hydrogens (tertiary/aromatic N) is 4. The number of piperidine rings is 1. The Bertz CT molecular complexity index is 418. The summed E-state index contributed by atoms with van der Waals surface area (Å²) in [6.07, 6.45) is 6.01. The molecule has 0 spiro atoms. The van der Waals surface area contributed by atoms with E-state index in [2.05, 4.69) is 54.4 Å². The molecule has 1 aromatic heterocycles. The van der Waals surface area contributed by atoms with Gasteiger partial charge in [0.2, 0.25) is 0 Å². The molecular formula is C16H31N5. The van der Waals surface area contributed by atoms with Gasteiger partial charge in [-0.15, -0.1) is 5.10 Å². The standard InChI is InChI=1S/C16H31N5/c1-5-16(4)6-8-20(9-7-16)10-11-21-13-15(18-19-21)12-17-14(2)3/h13-14,17H,5-12H2,1-4H3. The summed E-state index contributed by atoms with van der Waals surface area (Å²) in [4.78, 5) is 2.56. The lowest BCUT2D eigenvalue weighted by atomic mass is 9.78. The Morgan fingerprint density at radius 1 is 1.29 bits per heavy atom. The van der Waals surface area contributed by atoms with Crippen LogP contribution in [0.2, 0.25) is 0 Å². The highest BCUT2D eigenvalue weighted by molar-refractivity contribution is 4.92. The second-order valence-electron chi connectivity index (χ2n) is 7.01. The zero-order valence-corrected chi connectivity index (χ0v) is 14.1. The summed E-state index contributed by atoms with van der Waals surface area (Å²) in [6.45, 7) is 14.3. The summed E-state index contributed by atoms with van der Waals surface area (Å²) in [5, 5.41) is 11.8. The summed E-state index contributed by atoms with van der Waals surface area (Å²) in [6, 6.07) is 0.483. The molecule has 0 amide bonds. The molecule has 21 heavy (non-hydrogen) atoms. The van der Waals surface area contributed by atoms with Crippen molar-refractivity contribution < 1.29 is 0 Å². The maximum Gasteiger partial charge on any atom is 0.0964 e. The topological polar surface area (TPSA) is 46.0 Å². The lowest BCUT2D eigenvalue weighted by Gasteiger charge is -2.38. The lowest BCUT2D eigenvalue weighted by Crippen LogP contribution is -2.39. The Hall–Kier alpha value is -0.940. The summed E-state index contributed by atoms with van der Waals surface area (Å²) in [7, 11) is 0. The molecule has 1 fully saturated rings. The molecule has 5 nitrogen and oxygen atoms in total. The third kappa shape index (κ3) is 5.08. The van der Waals surface area contributed by atoms with E-state index in [1.807, 2.05) is 4.68 Å². The zero-order valence-electron chi connectivity index (χ0n) is 14.1. The largest absolute Gasteiger partial charge is 0.309 e. The first-order chi connectivity index (χ1) is 10.0. The van der Waals surface area contributed by atoms with Crippen LogP contribution >= 0.6 is 0 Å². The molecule has 0 atom stereocenters. The van der Waals surface area contributed by atoms with E-state index in [9.17, 15) is 0 Å². The fraction of sp³-hybridized carbons (Fsp3) is 0.875. The lowest BCUT2D eigenvalue weighted by molar-refractivity contribution is 0.111. The van der Waals surface area contributed by atoms with Crippen LogP contribution in [-0.2, 0) is 13.1 Å². The predicted molar refractivity (Wildman–Crippen MR) is 86.1 cm³/mol. The fourth-order valence-electron chi connectivity index (χ4n) is 2.75. The number of likely N-dealkylation sites (tertiary alicyclic amines) is 1.